The Kier molecular flexibility index (Phi) is 3.79. The summed E-state index contributed by atoms with van der Waals surface area (Å²) in [5.41, 5.74) is 8.49. The Balaban J connectivity index is 1.69. The molecule has 1 aliphatic carbocycles. The van der Waals surface area contributed by atoms with Crippen molar-refractivity contribution in [3.8, 4) is 0 Å². The van der Waals surface area contributed by atoms with Gasteiger partial charge in [-0.05, 0) is 49.7 Å². The Morgan fingerprint density at radius 3 is 2.90 bits per heavy atom. The van der Waals surface area contributed by atoms with E-state index in [1.54, 1.807) is 0 Å². The minimum atomic E-state index is 0.197. The number of amides is 1. The van der Waals surface area contributed by atoms with Crippen molar-refractivity contribution >= 4 is 5.91 Å². The number of carbonyl (C=O) groups excluding carboxylic acids is 1. The lowest BCUT2D eigenvalue weighted by atomic mass is 10.00. The number of aryl methyl sites for hydroxylation is 1. The van der Waals surface area contributed by atoms with Crippen LogP contribution in [0.5, 0.6) is 0 Å². The van der Waals surface area contributed by atoms with Crippen molar-refractivity contribution < 1.29 is 4.79 Å². The summed E-state index contributed by atoms with van der Waals surface area (Å²) >= 11 is 0. The third-order valence-corrected chi connectivity index (χ3v) is 4.88. The second-order valence-corrected chi connectivity index (χ2v) is 6.22. The Morgan fingerprint density at radius 2 is 2.15 bits per heavy atom. The maximum atomic E-state index is 12.7. The topological polar surface area (TPSA) is 46.3 Å². The molecule has 0 spiro atoms. The smallest absolute Gasteiger partial charge is 0.226 e. The second-order valence-electron chi connectivity index (χ2n) is 6.22. The molecule has 1 saturated heterocycles. The van der Waals surface area contributed by atoms with Gasteiger partial charge in [-0.1, -0.05) is 24.3 Å². The van der Waals surface area contributed by atoms with E-state index in [2.05, 4.69) is 36.1 Å². The van der Waals surface area contributed by atoms with Crippen LogP contribution >= 0.6 is 0 Å². The molecule has 0 bridgehead atoms. The summed E-state index contributed by atoms with van der Waals surface area (Å²) in [5, 5.41) is 0. The lowest BCUT2D eigenvalue weighted by Crippen LogP contribution is -2.48. The molecule has 1 aromatic carbocycles. The summed E-state index contributed by atoms with van der Waals surface area (Å²) in [6.07, 6.45) is 4.42. The van der Waals surface area contributed by atoms with E-state index in [0.717, 1.165) is 25.8 Å². The van der Waals surface area contributed by atoms with Gasteiger partial charge in [0.2, 0.25) is 5.91 Å². The minimum absolute atomic E-state index is 0.197. The highest BCUT2D eigenvalue weighted by Crippen LogP contribution is 2.49. The quantitative estimate of drug-likeness (QED) is 0.918. The molecule has 0 radical (unpaired) electrons. The van der Waals surface area contributed by atoms with Crippen molar-refractivity contribution in [3.05, 3.63) is 35.4 Å². The maximum absolute atomic E-state index is 12.7. The van der Waals surface area contributed by atoms with Gasteiger partial charge in [0.05, 0.1) is 0 Å². The van der Waals surface area contributed by atoms with Crippen LogP contribution in [0.1, 0.15) is 42.7 Å². The number of carbonyl (C=O) groups is 1. The van der Waals surface area contributed by atoms with E-state index in [9.17, 15) is 4.79 Å². The molecule has 3 rings (SSSR count). The summed E-state index contributed by atoms with van der Waals surface area (Å²) in [4.78, 5) is 14.8. The number of hydrogen-bond donors (Lipinski definition) is 1. The van der Waals surface area contributed by atoms with Gasteiger partial charge in [0, 0.05) is 25.0 Å². The van der Waals surface area contributed by atoms with Crippen LogP contribution in [0.25, 0.3) is 0 Å². The first-order valence-corrected chi connectivity index (χ1v) is 7.78. The maximum Gasteiger partial charge on any atom is 0.226 e. The highest BCUT2D eigenvalue weighted by Gasteiger charge is 2.47. The van der Waals surface area contributed by atoms with Gasteiger partial charge in [0.25, 0.3) is 0 Å². The first-order chi connectivity index (χ1) is 9.72. The van der Waals surface area contributed by atoms with Crippen molar-refractivity contribution in [2.24, 2.45) is 11.7 Å². The van der Waals surface area contributed by atoms with E-state index >= 15 is 0 Å². The minimum Gasteiger partial charge on any atom is -0.338 e. The molecule has 1 heterocycles. The highest BCUT2D eigenvalue weighted by atomic mass is 16.2. The van der Waals surface area contributed by atoms with Gasteiger partial charge in [0.15, 0.2) is 0 Å². The van der Waals surface area contributed by atoms with Gasteiger partial charge in [-0.25, -0.2) is 0 Å². The Morgan fingerprint density at radius 1 is 1.35 bits per heavy atom. The average Bonchev–Trinajstić information content (AvgIpc) is 3.27. The number of nitrogens with zero attached hydrogens (tertiary/aromatic N) is 1. The zero-order valence-corrected chi connectivity index (χ0v) is 12.2. The molecular weight excluding hydrogens is 248 g/mol. The number of piperidine rings is 1. The molecule has 3 nitrogen and oxygen atoms in total. The van der Waals surface area contributed by atoms with Crippen LogP contribution < -0.4 is 5.73 Å². The first-order valence-electron chi connectivity index (χ1n) is 7.78. The average molecular weight is 272 g/mol. The van der Waals surface area contributed by atoms with Gasteiger partial charge in [-0.15, -0.1) is 0 Å². The molecular formula is C17H24N2O. The number of rotatable bonds is 3. The molecule has 1 amide bonds. The Bertz CT molecular complexity index is 500. The predicted molar refractivity (Wildman–Crippen MR) is 80.4 cm³/mol. The third kappa shape index (κ3) is 2.47. The summed E-state index contributed by atoms with van der Waals surface area (Å²) in [7, 11) is 0. The molecule has 20 heavy (non-hydrogen) atoms. The fourth-order valence-electron chi connectivity index (χ4n) is 3.56. The standard InChI is InChI=1S/C17H24N2O/c1-12-6-2-3-8-14(12)15-10-16(15)17(20)19-9-5-4-7-13(19)11-18/h2-3,6,8,13,15-16H,4-5,7,9-11,18H2,1H3/t13-,15-,16+/m0/s1. The molecule has 2 aliphatic rings. The number of nitrogens with two attached hydrogens (primary N) is 1. The van der Waals surface area contributed by atoms with Gasteiger partial charge in [-0.2, -0.15) is 0 Å². The summed E-state index contributed by atoms with van der Waals surface area (Å²) < 4.78 is 0. The monoisotopic (exact) mass is 272 g/mol. The molecule has 1 aromatic rings. The highest BCUT2D eigenvalue weighted by molar-refractivity contribution is 5.83. The Hall–Kier alpha value is -1.35. The largest absolute Gasteiger partial charge is 0.338 e. The molecule has 2 N–H and O–H groups in total. The SMILES string of the molecule is Cc1ccccc1[C@@H]1C[C@H]1C(=O)N1CCCC[C@H]1CN. The van der Waals surface area contributed by atoms with E-state index < -0.39 is 0 Å². The molecule has 2 fully saturated rings. The van der Waals surface area contributed by atoms with Crippen LogP contribution in [0.15, 0.2) is 24.3 Å². The molecule has 3 atom stereocenters. The molecule has 3 heteroatoms. The number of likely N-dealkylation sites (tertiary alicyclic amines) is 1. The van der Waals surface area contributed by atoms with E-state index in [4.69, 9.17) is 5.73 Å². The molecule has 1 aliphatic heterocycles. The molecule has 108 valence electrons. The van der Waals surface area contributed by atoms with Crippen LogP contribution in [-0.4, -0.2) is 29.9 Å². The normalized spacial score (nSPS) is 29.3. The van der Waals surface area contributed by atoms with Crippen LogP contribution in [0.3, 0.4) is 0 Å². The number of benzene rings is 1. The van der Waals surface area contributed by atoms with E-state index in [1.807, 2.05) is 0 Å². The van der Waals surface area contributed by atoms with Crippen LogP contribution in [0.4, 0.5) is 0 Å². The Labute approximate surface area is 121 Å². The lowest BCUT2D eigenvalue weighted by Gasteiger charge is -2.35. The molecule has 0 aromatic heterocycles. The van der Waals surface area contributed by atoms with E-state index in [1.165, 1.54) is 17.5 Å². The van der Waals surface area contributed by atoms with Crippen molar-refractivity contribution in [3.63, 3.8) is 0 Å². The van der Waals surface area contributed by atoms with E-state index in [-0.39, 0.29) is 12.0 Å². The fraction of sp³-hybridized carbons (Fsp3) is 0.588. The predicted octanol–water partition coefficient (Wildman–Crippen LogP) is 2.44. The summed E-state index contributed by atoms with van der Waals surface area (Å²) in [6, 6.07) is 8.72. The molecule has 1 saturated carbocycles. The van der Waals surface area contributed by atoms with Crippen molar-refractivity contribution in [1.82, 2.24) is 4.90 Å². The van der Waals surface area contributed by atoms with Gasteiger partial charge in [0.1, 0.15) is 0 Å². The van der Waals surface area contributed by atoms with Gasteiger partial charge in [-0.3, -0.25) is 4.79 Å². The zero-order valence-electron chi connectivity index (χ0n) is 12.2. The van der Waals surface area contributed by atoms with Gasteiger partial charge < -0.3 is 10.6 Å². The first kappa shape index (κ1) is 13.6. The fourth-order valence-corrected chi connectivity index (χ4v) is 3.56. The van der Waals surface area contributed by atoms with Gasteiger partial charge >= 0.3 is 0 Å². The third-order valence-electron chi connectivity index (χ3n) is 4.88. The van der Waals surface area contributed by atoms with Crippen molar-refractivity contribution in [2.45, 2.75) is 44.6 Å². The molecule has 0 unspecified atom stereocenters. The van der Waals surface area contributed by atoms with E-state index in [0.29, 0.717) is 18.4 Å². The van der Waals surface area contributed by atoms with Crippen molar-refractivity contribution in [2.75, 3.05) is 13.1 Å². The summed E-state index contributed by atoms with van der Waals surface area (Å²) in [5.74, 6) is 0.973. The second kappa shape index (κ2) is 5.57. The van der Waals surface area contributed by atoms with Crippen LogP contribution in [0, 0.1) is 12.8 Å². The lowest BCUT2D eigenvalue weighted by molar-refractivity contribution is -0.136. The van der Waals surface area contributed by atoms with Crippen LogP contribution in [0.2, 0.25) is 0 Å². The van der Waals surface area contributed by atoms with Crippen molar-refractivity contribution in [1.29, 1.82) is 0 Å². The zero-order chi connectivity index (χ0) is 14.1. The number of hydrogen-bond acceptors (Lipinski definition) is 2. The van der Waals surface area contributed by atoms with Crippen LogP contribution in [-0.2, 0) is 4.79 Å². The summed E-state index contributed by atoms with van der Waals surface area (Å²) in [6.45, 7) is 3.64.